The molecular weight excluding hydrogens is 140 g/mol. The van der Waals surface area contributed by atoms with Gasteiger partial charge < -0.3 is 5.32 Å². The Labute approximate surface area is 66.3 Å². The topological polar surface area (TPSA) is 60.2 Å². The van der Waals surface area contributed by atoms with Crippen molar-refractivity contribution < 1.29 is 0 Å². The Morgan fingerprint density at radius 3 is 3.27 bits per heavy atom. The molecule has 0 aromatic heterocycles. The molecule has 4 heteroatoms. The Bertz CT molecular complexity index is 191. The lowest BCUT2D eigenvalue weighted by molar-refractivity contribution is 0.735. The molecule has 0 spiro atoms. The molecule has 1 heterocycles. The van der Waals surface area contributed by atoms with Crippen LogP contribution in [0, 0.1) is 17.2 Å². The highest BCUT2D eigenvalue weighted by atomic mass is 15.3. The third-order valence-corrected chi connectivity index (χ3v) is 1.71. The Kier molecular flexibility index (Phi) is 2.87. The van der Waals surface area contributed by atoms with Crippen LogP contribution in [0.1, 0.15) is 6.92 Å². The summed E-state index contributed by atoms with van der Waals surface area (Å²) in [6.07, 6.45) is 0. The van der Waals surface area contributed by atoms with E-state index < -0.39 is 0 Å². The van der Waals surface area contributed by atoms with Gasteiger partial charge in [0.15, 0.2) is 0 Å². The van der Waals surface area contributed by atoms with Crippen LogP contribution in [0.2, 0.25) is 0 Å². The van der Waals surface area contributed by atoms with Crippen LogP contribution in [0.15, 0.2) is 5.10 Å². The van der Waals surface area contributed by atoms with Crippen molar-refractivity contribution in [3.05, 3.63) is 0 Å². The molecule has 2 N–H and O–H groups in total. The third kappa shape index (κ3) is 2.20. The molecule has 1 unspecified atom stereocenters. The van der Waals surface area contributed by atoms with E-state index in [1.54, 1.807) is 0 Å². The zero-order chi connectivity index (χ0) is 8.10. The summed E-state index contributed by atoms with van der Waals surface area (Å²) >= 11 is 0. The number of nitrogens with zero attached hydrogens (tertiary/aromatic N) is 2. The molecular formula is C7H12N4. The number of hydrogen-bond donors (Lipinski definition) is 2. The summed E-state index contributed by atoms with van der Waals surface area (Å²) in [6, 6.07) is 1.97. The van der Waals surface area contributed by atoms with Gasteiger partial charge in [-0.2, -0.15) is 10.4 Å². The van der Waals surface area contributed by atoms with E-state index in [2.05, 4.69) is 22.8 Å². The number of rotatable bonds is 2. The highest BCUT2D eigenvalue weighted by Gasteiger charge is 2.16. The van der Waals surface area contributed by atoms with Gasteiger partial charge >= 0.3 is 0 Å². The normalized spacial score (nSPS) is 26.9. The Balaban J connectivity index is 2.34. The molecule has 1 aliphatic rings. The van der Waals surface area contributed by atoms with Crippen molar-refractivity contribution in [3.63, 3.8) is 0 Å². The molecule has 4 nitrogen and oxygen atoms in total. The van der Waals surface area contributed by atoms with Crippen LogP contribution >= 0.6 is 0 Å². The zero-order valence-electron chi connectivity index (χ0n) is 6.59. The maximum atomic E-state index is 8.21. The van der Waals surface area contributed by atoms with E-state index in [-0.39, 0.29) is 6.54 Å². The van der Waals surface area contributed by atoms with Gasteiger partial charge in [-0.25, -0.2) is 0 Å². The van der Waals surface area contributed by atoms with Crippen LogP contribution < -0.4 is 10.7 Å². The summed E-state index contributed by atoms with van der Waals surface area (Å²) < 4.78 is 0. The summed E-state index contributed by atoms with van der Waals surface area (Å²) in [5, 5.41) is 15.5. The number of nitrogens with one attached hydrogen (secondary N) is 2. The predicted octanol–water partition coefficient (Wildman–Crippen LogP) is -0.305. The lowest BCUT2D eigenvalue weighted by atomic mass is 10.1. The first-order valence-electron chi connectivity index (χ1n) is 3.71. The first kappa shape index (κ1) is 8.02. The van der Waals surface area contributed by atoms with Gasteiger partial charge in [-0.1, -0.05) is 6.92 Å². The van der Waals surface area contributed by atoms with Crippen LogP contribution in [0.4, 0.5) is 0 Å². The smallest absolute Gasteiger partial charge is 0.120 e. The predicted molar refractivity (Wildman–Crippen MR) is 43.1 cm³/mol. The van der Waals surface area contributed by atoms with Crippen LogP contribution in [0.3, 0.4) is 0 Å². The van der Waals surface area contributed by atoms with E-state index in [9.17, 15) is 0 Å². The largest absolute Gasteiger partial charge is 0.311 e. The minimum atomic E-state index is 0.288. The maximum Gasteiger partial charge on any atom is 0.120 e. The van der Waals surface area contributed by atoms with Gasteiger partial charge in [-0.05, 0) is 0 Å². The maximum absolute atomic E-state index is 8.21. The standard InChI is InChI=1S/C7H12N4/c1-6-4-9-5-7(6)11-10-3-2-8/h6,9-10H,3-5H2,1H3/b11-7-. The van der Waals surface area contributed by atoms with Gasteiger partial charge in [-0.3, -0.25) is 5.43 Å². The molecule has 0 bridgehead atoms. The fourth-order valence-corrected chi connectivity index (χ4v) is 1.03. The fraction of sp³-hybridized carbons (Fsp3) is 0.714. The van der Waals surface area contributed by atoms with Gasteiger partial charge in [0.2, 0.25) is 0 Å². The number of hydrazone groups is 1. The highest BCUT2D eigenvalue weighted by Crippen LogP contribution is 2.02. The van der Waals surface area contributed by atoms with E-state index in [0.717, 1.165) is 18.8 Å². The second kappa shape index (κ2) is 3.94. The molecule has 1 aliphatic heterocycles. The van der Waals surface area contributed by atoms with Crippen LogP contribution in [-0.2, 0) is 0 Å². The summed E-state index contributed by atoms with van der Waals surface area (Å²) in [4.78, 5) is 0. The van der Waals surface area contributed by atoms with Crippen molar-refractivity contribution in [2.45, 2.75) is 6.92 Å². The third-order valence-electron chi connectivity index (χ3n) is 1.71. The van der Waals surface area contributed by atoms with E-state index in [4.69, 9.17) is 5.26 Å². The van der Waals surface area contributed by atoms with Crippen LogP contribution in [0.25, 0.3) is 0 Å². The van der Waals surface area contributed by atoms with Gasteiger partial charge in [0, 0.05) is 19.0 Å². The lowest BCUT2D eigenvalue weighted by Gasteiger charge is -2.00. The van der Waals surface area contributed by atoms with E-state index >= 15 is 0 Å². The number of nitriles is 1. The fourth-order valence-electron chi connectivity index (χ4n) is 1.03. The monoisotopic (exact) mass is 152 g/mol. The van der Waals surface area contributed by atoms with Gasteiger partial charge in [0.25, 0.3) is 0 Å². The Hall–Kier alpha value is -1.08. The lowest BCUT2D eigenvalue weighted by Crippen LogP contribution is -2.15. The molecule has 0 saturated carbocycles. The molecule has 11 heavy (non-hydrogen) atoms. The van der Waals surface area contributed by atoms with Crippen molar-refractivity contribution >= 4 is 5.71 Å². The Morgan fingerprint density at radius 1 is 1.91 bits per heavy atom. The quantitative estimate of drug-likeness (QED) is 0.324. The average Bonchev–Trinajstić information content (AvgIpc) is 2.37. The summed E-state index contributed by atoms with van der Waals surface area (Å²) in [5.74, 6) is 0.501. The Morgan fingerprint density at radius 2 is 2.73 bits per heavy atom. The molecule has 0 radical (unpaired) electrons. The molecule has 1 fully saturated rings. The molecule has 1 saturated heterocycles. The summed E-state index contributed by atoms with van der Waals surface area (Å²) in [6.45, 7) is 4.25. The van der Waals surface area contributed by atoms with Crippen molar-refractivity contribution in [2.75, 3.05) is 19.6 Å². The average molecular weight is 152 g/mol. The minimum Gasteiger partial charge on any atom is -0.311 e. The van der Waals surface area contributed by atoms with E-state index in [1.807, 2.05) is 6.07 Å². The van der Waals surface area contributed by atoms with E-state index in [1.165, 1.54) is 0 Å². The van der Waals surface area contributed by atoms with E-state index in [0.29, 0.717) is 5.92 Å². The molecule has 1 atom stereocenters. The second-order valence-electron chi connectivity index (χ2n) is 2.63. The van der Waals surface area contributed by atoms with Crippen molar-refractivity contribution in [2.24, 2.45) is 11.0 Å². The minimum absolute atomic E-state index is 0.288. The molecule has 0 aromatic carbocycles. The van der Waals surface area contributed by atoms with Gasteiger partial charge in [0.1, 0.15) is 6.54 Å². The molecule has 1 rings (SSSR count). The van der Waals surface area contributed by atoms with Gasteiger partial charge in [-0.15, -0.1) is 0 Å². The first-order chi connectivity index (χ1) is 5.34. The van der Waals surface area contributed by atoms with Crippen molar-refractivity contribution in [1.29, 1.82) is 5.26 Å². The van der Waals surface area contributed by atoms with Crippen molar-refractivity contribution in [3.8, 4) is 6.07 Å². The summed E-state index contributed by atoms with van der Waals surface area (Å²) in [7, 11) is 0. The number of hydrogen-bond acceptors (Lipinski definition) is 4. The SMILES string of the molecule is CC1CNC/C1=N/NCC#N. The molecule has 0 aromatic rings. The van der Waals surface area contributed by atoms with Crippen LogP contribution in [-0.4, -0.2) is 25.3 Å². The van der Waals surface area contributed by atoms with Gasteiger partial charge in [0.05, 0.1) is 11.8 Å². The molecule has 0 amide bonds. The second-order valence-corrected chi connectivity index (χ2v) is 2.63. The first-order valence-corrected chi connectivity index (χ1v) is 3.71. The molecule has 0 aliphatic carbocycles. The highest BCUT2D eigenvalue weighted by molar-refractivity contribution is 5.90. The van der Waals surface area contributed by atoms with Crippen molar-refractivity contribution in [1.82, 2.24) is 10.7 Å². The van der Waals surface area contributed by atoms with Crippen LogP contribution in [0.5, 0.6) is 0 Å². The zero-order valence-corrected chi connectivity index (χ0v) is 6.59. The molecule has 60 valence electrons. The summed E-state index contributed by atoms with van der Waals surface area (Å²) in [5.41, 5.74) is 3.81.